The van der Waals surface area contributed by atoms with Crippen LogP contribution in [0.1, 0.15) is 34.2 Å². The van der Waals surface area contributed by atoms with Crippen LogP contribution in [0.4, 0.5) is 4.79 Å². The van der Waals surface area contributed by atoms with E-state index in [0.29, 0.717) is 59.2 Å². The Morgan fingerprint density at radius 1 is 0.600 bits per heavy atom. The zero-order chi connectivity index (χ0) is 53.1. The number of methoxy groups -OCH3 is 2. The number of isocyanates is 1. The predicted octanol–water partition coefficient (Wildman–Crippen LogP) is -0.399. The number of aliphatic hydroxyl groups is 5. The van der Waals surface area contributed by atoms with Crippen LogP contribution in [-0.2, 0) is 52.8 Å². The fourth-order valence-corrected chi connectivity index (χ4v) is 6.89. The summed E-state index contributed by atoms with van der Waals surface area (Å²) in [5.41, 5.74) is 10.6. The lowest BCUT2D eigenvalue weighted by Gasteiger charge is -2.43. The first-order valence-corrected chi connectivity index (χ1v) is 22.6. The monoisotopic (exact) mass is 1060 g/mol. The number of aromatic nitrogens is 12. The van der Waals surface area contributed by atoms with E-state index in [0.717, 1.165) is 22.3 Å². The van der Waals surface area contributed by atoms with Gasteiger partial charge in [0, 0.05) is 44.0 Å². The second-order valence-electron chi connectivity index (χ2n) is 16.3. The third kappa shape index (κ3) is 16.7. The number of amides is 1. The Hall–Kier alpha value is -7.02. The van der Waals surface area contributed by atoms with Crippen molar-refractivity contribution in [3.05, 3.63) is 107 Å². The molecular weight excluding hydrogens is 1010 g/mol. The van der Waals surface area contributed by atoms with Gasteiger partial charge in [0.2, 0.25) is 23.6 Å². The van der Waals surface area contributed by atoms with Crippen LogP contribution in [0.15, 0.2) is 77.8 Å². The molecule has 2 fully saturated rings. The van der Waals surface area contributed by atoms with E-state index < -0.39 is 74.1 Å². The summed E-state index contributed by atoms with van der Waals surface area (Å²) in [4.78, 5) is 26.1. The van der Waals surface area contributed by atoms with Gasteiger partial charge in [-0.05, 0) is 37.5 Å². The van der Waals surface area contributed by atoms with E-state index in [9.17, 15) is 35.1 Å². The quantitative estimate of drug-likeness (QED) is 0.0508. The summed E-state index contributed by atoms with van der Waals surface area (Å²) in [5, 5.41) is 101. The Bertz CT molecular complexity index is 2710. The van der Waals surface area contributed by atoms with E-state index in [1.807, 2.05) is 48.5 Å². The highest BCUT2D eigenvalue weighted by Crippen LogP contribution is 2.28. The summed E-state index contributed by atoms with van der Waals surface area (Å²) in [5.74, 6) is 2.90. The summed E-state index contributed by atoms with van der Waals surface area (Å²) in [7, 11) is 2.62. The molecule has 5 heterocycles. The molecule has 75 heavy (non-hydrogen) atoms. The highest BCUT2D eigenvalue weighted by atomic mass is 35.5. The summed E-state index contributed by atoms with van der Waals surface area (Å²) in [6.45, 7) is 5.56. The summed E-state index contributed by atoms with van der Waals surface area (Å²) in [6, 6.07) is 22.0. The number of halogens is 1. The van der Waals surface area contributed by atoms with Crippen LogP contribution < -0.4 is 11.1 Å². The van der Waals surface area contributed by atoms with Gasteiger partial charge in [0.1, 0.15) is 42.7 Å². The molecule has 0 bridgehead atoms. The molecule has 8 N–H and O–H groups in total. The summed E-state index contributed by atoms with van der Waals surface area (Å²) >= 11 is 0. The molecule has 8 rings (SSSR count). The van der Waals surface area contributed by atoms with Gasteiger partial charge in [-0.1, -0.05) is 72.8 Å². The lowest BCUT2D eigenvalue weighted by Crippen LogP contribution is -2.62. The molecule has 3 aromatic carbocycles. The van der Waals surface area contributed by atoms with Crippen molar-refractivity contribution in [2.45, 2.75) is 102 Å². The van der Waals surface area contributed by atoms with E-state index in [2.05, 4.69) is 71.5 Å². The number of hydrogen-bond acceptors (Lipinski definition) is 27. The molecule has 28 nitrogen and oxygen atoms in total. The Kier molecular flexibility index (Phi) is 22.9. The van der Waals surface area contributed by atoms with Crippen molar-refractivity contribution in [1.82, 2.24) is 66.5 Å². The van der Waals surface area contributed by atoms with Crippen LogP contribution >= 0.6 is 12.4 Å². The van der Waals surface area contributed by atoms with Crippen LogP contribution in [-0.4, -0.2) is 188 Å². The molecule has 0 spiro atoms. The Labute approximate surface area is 434 Å². The summed E-state index contributed by atoms with van der Waals surface area (Å²) < 4.78 is 32.0. The van der Waals surface area contributed by atoms with Crippen LogP contribution in [0.2, 0.25) is 0 Å². The highest BCUT2D eigenvalue weighted by molar-refractivity contribution is 5.85. The minimum absolute atomic E-state index is 0. The third-order valence-corrected chi connectivity index (χ3v) is 10.9. The van der Waals surface area contributed by atoms with Crippen LogP contribution in [0.3, 0.4) is 0 Å². The van der Waals surface area contributed by atoms with Crippen molar-refractivity contribution < 1.29 is 63.5 Å². The van der Waals surface area contributed by atoms with Gasteiger partial charge in [0.05, 0.1) is 19.8 Å². The van der Waals surface area contributed by atoms with E-state index in [4.69, 9.17) is 34.2 Å². The number of nitrogens with zero attached hydrogens (tertiary/aromatic N) is 13. The van der Waals surface area contributed by atoms with Gasteiger partial charge >= 0.3 is 6.09 Å². The fourth-order valence-electron chi connectivity index (χ4n) is 6.89. The highest BCUT2D eigenvalue weighted by Gasteiger charge is 2.49. The number of carbonyl (C=O) groups is 1. The number of ether oxygens (including phenoxy) is 6. The number of rotatable bonds is 15. The molecule has 400 valence electrons. The number of nitrogens with two attached hydrogens (primary N) is 1. The van der Waals surface area contributed by atoms with Gasteiger partial charge in [-0.25, -0.2) is 14.6 Å². The van der Waals surface area contributed by atoms with Gasteiger partial charge in [0.25, 0.3) is 0 Å². The van der Waals surface area contributed by atoms with Gasteiger partial charge < -0.3 is 65.0 Å². The molecule has 4 unspecified atom stereocenters. The Morgan fingerprint density at radius 2 is 1.04 bits per heavy atom. The predicted molar refractivity (Wildman–Crippen MR) is 260 cm³/mol. The molecule has 29 heteroatoms. The molecule has 0 saturated carbocycles. The van der Waals surface area contributed by atoms with E-state index in [1.165, 1.54) is 20.3 Å². The van der Waals surface area contributed by atoms with Crippen LogP contribution in [0.5, 0.6) is 0 Å². The zero-order valence-electron chi connectivity index (χ0n) is 41.0. The van der Waals surface area contributed by atoms with Crippen molar-refractivity contribution in [2.75, 3.05) is 27.4 Å². The minimum atomic E-state index is -1.62. The standard InChI is InChI=1S/C25H35N5O12.C11H9N5O.C10H11N5.ClH/c1-11-27-29-22(30-28-11)13-6-4-12(5-7-13)8-26-25(36)42-21-17(32)15(40-23(38-3)20(21)35)10-39-24-19(34)18(33)16(31)14(41-24)9-37-2;1-8-13-15-11(16-14-8)10-4-2-9(3-5-10)6-12-7-17;1-7-12-14-10(15-13-7)9-4-2-8(6-11)3-5-9;/h4-7,14-21,23-24,31-35H,8-10H2,1-3H3,(H,26,36);2-5H,6H2,1H3;2-5H,6,11H2,1H3;1H/t14?,15?,16-,17-,18+,19?,20?,21+,23+,24+;;;/m1.../s1. The normalized spacial score (nSPS) is 22.9. The number of benzene rings is 3. The lowest BCUT2D eigenvalue weighted by molar-refractivity contribution is -0.328. The van der Waals surface area contributed by atoms with E-state index in [1.54, 1.807) is 45.0 Å². The summed E-state index contributed by atoms with van der Waals surface area (Å²) in [6.07, 6.45) is -13.6. The maximum Gasteiger partial charge on any atom is 0.407 e. The molecule has 1 amide bonds. The van der Waals surface area contributed by atoms with Gasteiger partial charge in [-0.2, -0.15) is 0 Å². The van der Waals surface area contributed by atoms with Crippen LogP contribution in [0.25, 0.3) is 34.2 Å². The fraction of sp³-hybridized carbons (Fsp3) is 0.435. The molecule has 0 aliphatic carbocycles. The van der Waals surface area contributed by atoms with Gasteiger partial charge in [-0.3, -0.25) is 0 Å². The van der Waals surface area contributed by atoms with Gasteiger partial charge in [-0.15, -0.1) is 73.6 Å². The first kappa shape index (κ1) is 58.9. The van der Waals surface area contributed by atoms with Crippen LogP contribution in [0, 0.1) is 20.8 Å². The molecule has 0 radical (unpaired) electrons. The number of aryl methyl sites for hydroxylation is 3. The topological polar surface area (TPSA) is 396 Å². The first-order chi connectivity index (χ1) is 35.7. The molecule has 6 aromatic rings. The van der Waals surface area contributed by atoms with Crippen molar-refractivity contribution in [1.29, 1.82) is 0 Å². The zero-order valence-corrected chi connectivity index (χ0v) is 41.9. The Balaban J connectivity index is 0.000000256. The maximum atomic E-state index is 12.6. The molecule has 3 aromatic heterocycles. The number of carbonyl (C=O) groups excluding carboxylic acids is 2. The second-order valence-corrected chi connectivity index (χ2v) is 16.3. The Morgan fingerprint density at radius 3 is 1.48 bits per heavy atom. The minimum Gasteiger partial charge on any atom is -0.440 e. The maximum absolute atomic E-state index is 12.6. The lowest BCUT2D eigenvalue weighted by atomic mass is 9.98. The molecule has 2 aliphatic rings. The average molecular weight is 1060 g/mol. The number of nitrogens with one attached hydrogen (secondary N) is 1. The third-order valence-electron chi connectivity index (χ3n) is 10.9. The van der Waals surface area contributed by atoms with Crippen molar-refractivity contribution in [3.8, 4) is 34.2 Å². The van der Waals surface area contributed by atoms with E-state index in [-0.39, 0.29) is 25.6 Å². The SMILES string of the molecule is COCC1O[C@H](OCC2O[C@H](OC)C(O)[C@@H](OC(=O)NCc3ccc(-c4nnc(C)nn4)cc3)[C@@H]2O)C(O)[C@@H](O)[C@@H]1O.Cc1nnc(-c2ccc(CN)cc2)nn1.Cc1nnc(-c2ccc(CN=C=O)cc2)nn1.Cl. The number of aliphatic hydroxyl groups excluding tert-OH is 5. The number of hydrogen-bond donors (Lipinski definition) is 7. The first-order valence-electron chi connectivity index (χ1n) is 22.6. The number of aliphatic imine (C=N–C) groups is 1. The largest absolute Gasteiger partial charge is 0.440 e. The van der Waals surface area contributed by atoms with Crippen molar-refractivity contribution in [2.24, 2.45) is 10.7 Å². The van der Waals surface area contributed by atoms with Crippen molar-refractivity contribution >= 4 is 24.6 Å². The molecule has 2 saturated heterocycles. The average Bonchev–Trinajstić information content (AvgIpc) is 3.42. The smallest absolute Gasteiger partial charge is 0.407 e. The van der Waals surface area contributed by atoms with Crippen molar-refractivity contribution in [3.63, 3.8) is 0 Å². The van der Waals surface area contributed by atoms with Gasteiger partial charge in [0.15, 0.2) is 36.2 Å². The van der Waals surface area contributed by atoms with E-state index >= 15 is 0 Å². The second kappa shape index (κ2) is 29.2. The number of alkyl carbamates (subject to hydrolysis) is 1. The molecule has 10 atom stereocenters. The molecule has 2 aliphatic heterocycles. The molecular formula is C46H56ClN15O13.